The third kappa shape index (κ3) is 3.05. The Morgan fingerprint density at radius 3 is 2.76 bits per heavy atom. The SMILES string of the molecule is C=CC(C)(C)[C@]1(C[C@H]2NC(=O)[C@H]3CCCN3C2=O)C(=O)Nc2cc3c(cc21)C=CC(C)(C)O3. The normalized spacial score (nSPS) is 29.6. The number of ether oxygens (including phenoxy) is 1. The van der Waals surface area contributed by atoms with Crippen LogP contribution < -0.4 is 15.4 Å². The lowest BCUT2D eigenvalue weighted by Gasteiger charge is -2.45. The molecular formula is C26H31N3O4. The summed E-state index contributed by atoms with van der Waals surface area (Å²) in [5, 5.41) is 5.97. The van der Waals surface area contributed by atoms with E-state index in [1.807, 2.05) is 52.0 Å². The van der Waals surface area contributed by atoms with Gasteiger partial charge in [-0.1, -0.05) is 26.0 Å². The standard InChI is InChI=1S/C26H31N3O4/c1-6-24(2,3)26(14-18-22(31)29-11-7-8-19(29)21(30)27-18)16-12-15-9-10-25(4,5)33-20(15)13-17(16)28-23(26)32/h6,9-10,12-13,18-19H,1,7-8,11,14H2,2-5H3,(H,27,30)(H,28,32)/t18-,19-,26+/m1/s1. The predicted molar refractivity (Wildman–Crippen MR) is 126 cm³/mol. The van der Waals surface area contributed by atoms with E-state index in [-0.39, 0.29) is 30.2 Å². The lowest BCUT2D eigenvalue weighted by molar-refractivity contribution is -0.148. The third-order valence-electron chi connectivity index (χ3n) is 7.86. The van der Waals surface area contributed by atoms with Crippen LogP contribution in [0.1, 0.15) is 58.1 Å². The van der Waals surface area contributed by atoms with Gasteiger partial charge in [-0.25, -0.2) is 0 Å². The van der Waals surface area contributed by atoms with Crippen LogP contribution in [0, 0.1) is 5.41 Å². The minimum Gasteiger partial charge on any atom is -0.483 e. The zero-order chi connectivity index (χ0) is 23.8. The maximum Gasteiger partial charge on any atom is 0.245 e. The molecule has 1 aromatic rings. The van der Waals surface area contributed by atoms with Crippen LogP contribution in [0.5, 0.6) is 5.75 Å². The molecule has 0 unspecified atom stereocenters. The van der Waals surface area contributed by atoms with Gasteiger partial charge in [0, 0.05) is 29.3 Å². The molecule has 0 aromatic heterocycles. The molecule has 1 aromatic carbocycles. The fraction of sp³-hybridized carbons (Fsp3) is 0.500. The van der Waals surface area contributed by atoms with Crippen molar-refractivity contribution in [3.63, 3.8) is 0 Å². The van der Waals surface area contributed by atoms with E-state index in [0.717, 1.165) is 17.5 Å². The van der Waals surface area contributed by atoms with Crippen molar-refractivity contribution in [1.29, 1.82) is 0 Å². The summed E-state index contributed by atoms with van der Waals surface area (Å²) in [5.74, 6) is 0.265. The molecule has 33 heavy (non-hydrogen) atoms. The molecular weight excluding hydrogens is 418 g/mol. The first-order valence-corrected chi connectivity index (χ1v) is 11.6. The number of anilines is 1. The van der Waals surface area contributed by atoms with Crippen molar-refractivity contribution in [2.24, 2.45) is 5.41 Å². The van der Waals surface area contributed by atoms with Crippen LogP contribution in [0.4, 0.5) is 5.69 Å². The van der Waals surface area contributed by atoms with Crippen LogP contribution in [-0.2, 0) is 19.8 Å². The fourth-order valence-electron chi connectivity index (χ4n) is 5.79. The van der Waals surface area contributed by atoms with E-state index in [9.17, 15) is 14.4 Å². The predicted octanol–water partition coefficient (Wildman–Crippen LogP) is 3.15. The molecule has 2 saturated heterocycles. The molecule has 0 aliphatic carbocycles. The molecule has 4 heterocycles. The fourth-order valence-corrected chi connectivity index (χ4v) is 5.79. The number of hydrogen-bond acceptors (Lipinski definition) is 4. The van der Waals surface area contributed by atoms with Crippen LogP contribution in [0.3, 0.4) is 0 Å². The summed E-state index contributed by atoms with van der Waals surface area (Å²) in [6.45, 7) is 12.5. The number of hydrogen-bond donors (Lipinski definition) is 2. The summed E-state index contributed by atoms with van der Waals surface area (Å²) < 4.78 is 6.11. The Labute approximate surface area is 194 Å². The molecule has 0 bridgehead atoms. The molecule has 0 radical (unpaired) electrons. The largest absolute Gasteiger partial charge is 0.483 e. The molecule has 0 spiro atoms. The van der Waals surface area contributed by atoms with Gasteiger partial charge in [0.25, 0.3) is 0 Å². The van der Waals surface area contributed by atoms with E-state index in [2.05, 4.69) is 17.2 Å². The maximum atomic E-state index is 13.7. The van der Waals surface area contributed by atoms with Gasteiger partial charge in [-0.3, -0.25) is 14.4 Å². The molecule has 2 fully saturated rings. The highest BCUT2D eigenvalue weighted by Gasteiger charge is 2.58. The maximum absolute atomic E-state index is 13.7. The summed E-state index contributed by atoms with van der Waals surface area (Å²) in [6.07, 6.45) is 7.43. The number of rotatable bonds is 4. The zero-order valence-corrected chi connectivity index (χ0v) is 19.7. The quantitative estimate of drug-likeness (QED) is 0.692. The van der Waals surface area contributed by atoms with E-state index in [1.54, 1.807) is 11.0 Å². The summed E-state index contributed by atoms with van der Waals surface area (Å²) in [4.78, 5) is 41.5. The van der Waals surface area contributed by atoms with Gasteiger partial charge in [-0.05, 0) is 50.8 Å². The summed E-state index contributed by atoms with van der Waals surface area (Å²) in [5.41, 5.74) is 0.143. The van der Waals surface area contributed by atoms with E-state index < -0.39 is 22.5 Å². The number of benzene rings is 1. The molecule has 4 aliphatic rings. The zero-order valence-electron chi connectivity index (χ0n) is 19.7. The van der Waals surface area contributed by atoms with Gasteiger partial charge >= 0.3 is 0 Å². The smallest absolute Gasteiger partial charge is 0.245 e. The van der Waals surface area contributed by atoms with E-state index in [1.165, 1.54) is 0 Å². The Balaban J connectivity index is 1.61. The van der Waals surface area contributed by atoms with Crippen LogP contribution in [-0.4, -0.2) is 46.9 Å². The van der Waals surface area contributed by atoms with E-state index in [4.69, 9.17) is 4.74 Å². The average Bonchev–Trinajstić information content (AvgIpc) is 3.34. The molecule has 5 rings (SSSR count). The Bertz CT molecular complexity index is 1120. The van der Waals surface area contributed by atoms with Crippen molar-refractivity contribution in [2.45, 2.75) is 70.1 Å². The van der Waals surface area contributed by atoms with Gasteiger partial charge in [0.1, 0.15) is 23.4 Å². The van der Waals surface area contributed by atoms with Crippen LogP contribution in [0.2, 0.25) is 0 Å². The number of amides is 3. The second kappa shape index (κ2) is 6.95. The van der Waals surface area contributed by atoms with Gasteiger partial charge in [0.05, 0.1) is 5.41 Å². The van der Waals surface area contributed by atoms with Crippen LogP contribution >= 0.6 is 0 Å². The van der Waals surface area contributed by atoms with Crippen molar-refractivity contribution in [3.8, 4) is 5.75 Å². The van der Waals surface area contributed by atoms with Crippen molar-refractivity contribution in [3.05, 3.63) is 42.0 Å². The van der Waals surface area contributed by atoms with E-state index in [0.29, 0.717) is 24.4 Å². The average molecular weight is 450 g/mol. The molecule has 4 aliphatic heterocycles. The summed E-state index contributed by atoms with van der Waals surface area (Å²) >= 11 is 0. The van der Waals surface area contributed by atoms with Crippen LogP contribution in [0.25, 0.3) is 6.08 Å². The molecule has 7 heteroatoms. The number of nitrogens with zero attached hydrogens (tertiary/aromatic N) is 1. The van der Waals surface area contributed by atoms with Gasteiger partial charge < -0.3 is 20.3 Å². The molecule has 2 N–H and O–H groups in total. The second-order valence-electron chi connectivity index (χ2n) is 10.7. The topological polar surface area (TPSA) is 87.7 Å². The van der Waals surface area contributed by atoms with Gasteiger partial charge in [-0.2, -0.15) is 0 Å². The number of piperazine rings is 1. The van der Waals surface area contributed by atoms with Crippen molar-refractivity contribution in [2.75, 3.05) is 11.9 Å². The Morgan fingerprint density at radius 2 is 2.03 bits per heavy atom. The Morgan fingerprint density at radius 1 is 1.27 bits per heavy atom. The molecule has 7 nitrogen and oxygen atoms in total. The molecule has 3 atom stereocenters. The van der Waals surface area contributed by atoms with Crippen molar-refractivity contribution >= 4 is 29.5 Å². The lowest BCUT2D eigenvalue weighted by Crippen LogP contribution is -2.63. The summed E-state index contributed by atoms with van der Waals surface area (Å²) in [6, 6.07) is 2.68. The van der Waals surface area contributed by atoms with Crippen LogP contribution in [0.15, 0.2) is 30.9 Å². The highest BCUT2D eigenvalue weighted by molar-refractivity contribution is 6.08. The first-order chi connectivity index (χ1) is 15.5. The monoisotopic (exact) mass is 449 g/mol. The van der Waals surface area contributed by atoms with Gasteiger partial charge in [-0.15, -0.1) is 6.58 Å². The van der Waals surface area contributed by atoms with Crippen molar-refractivity contribution in [1.82, 2.24) is 10.2 Å². The summed E-state index contributed by atoms with van der Waals surface area (Å²) in [7, 11) is 0. The number of carbonyl (C=O) groups is 3. The highest BCUT2D eigenvalue weighted by atomic mass is 16.5. The highest BCUT2D eigenvalue weighted by Crippen LogP contribution is 2.55. The first kappa shape index (κ1) is 21.7. The Kier molecular flexibility index (Phi) is 4.58. The number of allylic oxidation sites excluding steroid dienone is 1. The minimum atomic E-state index is -1.08. The Hall–Kier alpha value is -3.09. The number of nitrogens with one attached hydrogen (secondary N) is 2. The second-order valence-corrected chi connectivity index (χ2v) is 10.7. The number of carbonyl (C=O) groups excluding carboxylic acids is 3. The molecule has 174 valence electrons. The molecule has 0 saturated carbocycles. The van der Waals surface area contributed by atoms with Gasteiger partial charge in [0.15, 0.2) is 0 Å². The van der Waals surface area contributed by atoms with Gasteiger partial charge in [0.2, 0.25) is 17.7 Å². The molecule has 3 amide bonds. The van der Waals surface area contributed by atoms with Crippen molar-refractivity contribution < 1.29 is 19.1 Å². The third-order valence-corrected chi connectivity index (χ3v) is 7.86. The number of fused-ring (bicyclic) bond motifs is 3. The first-order valence-electron chi connectivity index (χ1n) is 11.6. The van der Waals surface area contributed by atoms with E-state index >= 15 is 0 Å². The lowest BCUT2D eigenvalue weighted by atomic mass is 9.59. The minimum absolute atomic E-state index is 0.111.